The minimum atomic E-state index is 0.0581. The average molecular weight is 320 g/mol. The lowest BCUT2D eigenvalue weighted by molar-refractivity contribution is 0.195. The molecule has 4 heteroatoms. The molecular weight excluding hydrogens is 288 g/mol. The fourth-order valence-electron chi connectivity index (χ4n) is 2.29. The summed E-state index contributed by atoms with van der Waals surface area (Å²) in [5.41, 5.74) is 1.14. The van der Waals surface area contributed by atoms with Crippen LogP contribution in [0.1, 0.15) is 51.5 Å². The van der Waals surface area contributed by atoms with E-state index in [-0.39, 0.29) is 6.03 Å². The van der Waals surface area contributed by atoms with Crippen molar-refractivity contribution in [1.82, 2.24) is 10.2 Å². The molecule has 1 rings (SSSR count). The van der Waals surface area contributed by atoms with Crippen LogP contribution in [0.25, 0.3) is 0 Å². The van der Waals surface area contributed by atoms with Gasteiger partial charge in [-0.2, -0.15) is 0 Å². The maximum absolute atomic E-state index is 12.2. The van der Waals surface area contributed by atoms with Crippen molar-refractivity contribution in [3.8, 4) is 5.75 Å². The molecule has 0 aliphatic rings. The summed E-state index contributed by atoms with van der Waals surface area (Å²) < 4.78 is 5.74. The third kappa shape index (κ3) is 7.91. The normalized spacial score (nSPS) is 10.4. The Morgan fingerprint density at radius 1 is 1.09 bits per heavy atom. The van der Waals surface area contributed by atoms with Gasteiger partial charge in [-0.25, -0.2) is 4.79 Å². The summed E-state index contributed by atoms with van der Waals surface area (Å²) in [7, 11) is 0. The molecule has 23 heavy (non-hydrogen) atoms. The highest BCUT2D eigenvalue weighted by atomic mass is 16.5. The molecule has 1 aromatic rings. The molecule has 0 aliphatic heterocycles. The number of urea groups is 1. The Hall–Kier alpha value is -1.71. The maximum atomic E-state index is 12.2. The highest BCUT2D eigenvalue weighted by Gasteiger charge is 2.11. The van der Waals surface area contributed by atoms with Crippen LogP contribution in [-0.2, 0) is 0 Å². The van der Waals surface area contributed by atoms with Gasteiger partial charge in [-0.15, -0.1) is 0 Å². The van der Waals surface area contributed by atoms with E-state index in [0.717, 1.165) is 56.5 Å². The molecule has 0 unspecified atom stereocenters. The predicted octanol–water partition coefficient (Wildman–Crippen LogP) is 4.38. The molecule has 130 valence electrons. The molecule has 0 bridgehead atoms. The highest BCUT2D eigenvalue weighted by molar-refractivity contribution is 5.74. The van der Waals surface area contributed by atoms with E-state index in [0.29, 0.717) is 13.2 Å². The molecule has 0 aromatic heterocycles. The number of carbonyl (C=O) groups is 1. The van der Waals surface area contributed by atoms with Crippen LogP contribution in [0, 0.1) is 6.92 Å². The maximum Gasteiger partial charge on any atom is 0.317 e. The lowest BCUT2D eigenvalue weighted by Crippen LogP contribution is -2.41. The number of aryl methyl sites for hydroxylation is 1. The summed E-state index contributed by atoms with van der Waals surface area (Å²) in [6.45, 7) is 9.31. The minimum Gasteiger partial charge on any atom is -0.493 e. The number of carbonyl (C=O) groups excluding carboxylic acids is 1. The van der Waals surface area contributed by atoms with Gasteiger partial charge < -0.3 is 15.0 Å². The van der Waals surface area contributed by atoms with Gasteiger partial charge >= 0.3 is 6.03 Å². The van der Waals surface area contributed by atoms with Crippen LogP contribution in [0.15, 0.2) is 24.3 Å². The van der Waals surface area contributed by atoms with Crippen molar-refractivity contribution in [2.24, 2.45) is 0 Å². The number of hydrogen-bond donors (Lipinski definition) is 1. The van der Waals surface area contributed by atoms with Gasteiger partial charge in [0.05, 0.1) is 6.61 Å². The lowest BCUT2D eigenvalue weighted by atomic mass is 10.2. The fourth-order valence-corrected chi connectivity index (χ4v) is 2.29. The Morgan fingerprint density at radius 3 is 2.35 bits per heavy atom. The summed E-state index contributed by atoms with van der Waals surface area (Å²) in [6, 6.07) is 8.05. The van der Waals surface area contributed by atoms with Crippen molar-refractivity contribution in [3.05, 3.63) is 29.8 Å². The first-order chi connectivity index (χ1) is 11.2. The molecule has 1 N–H and O–H groups in total. The zero-order valence-corrected chi connectivity index (χ0v) is 14.9. The Morgan fingerprint density at radius 2 is 1.74 bits per heavy atom. The van der Waals surface area contributed by atoms with Gasteiger partial charge in [0, 0.05) is 19.6 Å². The minimum absolute atomic E-state index is 0.0581. The number of nitrogens with zero attached hydrogens (tertiary/aromatic N) is 1. The molecule has 0 saturated heterocycles. The van der Waals surface area contributed by atoms with Crippen molar-refractivity contribution in [2.45, 2.75) is 52.9 Å². The molecular formula is C19H32N2O2. The van der Waals surface area contributed by atoms with E-state index in [9.17, 15) is 4.79 Å². The zero-order valence-electron chi connectivity index (χ0n) is 14.9. The molecule has 0 saturated carbocycles. The predicted molar refractivity (Wildman–Crippen MR) is 96.1 cm³/mol. The lowest BCUT2D eigenvalue weighted by Gasteiger charge is -2.22. The SMILES string of the molecule is CCCCN(CCCC)C(=O)NCCCOc1ccccc1C. The fraction of sp³-hybridized carbons (Fsp3) is 0.632. The molecule has 2 amide bonds. The van der Waals surface area contributed by atoms with Crippen LogP contribution in [0.2, 0.25) is 0 Å². The summed E-state index contributed by atoms with van der Waals surface area (Å²) in [4.78, 5) is 14.2. The first-order valence-corrected chi connectivity index (χ1v) is 8.90. The number of para-hydroxylation sites is 1. The average Bonchev–Trinajstić information content (AvgIpc) is 2.56. The van der Waals surface area contributed by atoms with Crippen molar-refractivity contribution in [3.63, 3.8) is 0 Å². The molecule has 1 aromatic carbocycles. The van der Waals surface area contributed by atoms with Gasteiger partial charge in [0.25, 0.3) is 0 Å². The number of nitrogens with one attached hydrogen (secondary N) is 1. The van der Waals surface area contributed by atoms with E-state index in [1.54, 1.807) is 0 Å². The first-order valence-electron chi connectivity index (χ1n) is 8.90. The van der Waals surface area contributed by atoms with E-state index in [4.69, 9.17) is 4.74 Å². The number of hydrogen-bond acceptors (Lipinski definition) is 2. The second kappa shape index (κ2) is 11.8. The standard InChI is InChI=1S/C19H32N2O2/c1-4-6-14-21(15-7-5-2)19(22)20-13-10-16-23-18-12-9-8-11-17(18)3/h8-9,11-12H,4-7,10,13-16H2,1-3H3,(H,20,22). The van der Waals surface area contributed by atoms with Crippen LogP contribution in [0.4, 0.5) is 4.79 Å². The molecule has 4 nitrogen and oxygen atoms in total. The molecule has 0 atom stereocenters. The van der Waals surface area contributed by atoms with Crippen LogP contribution in [-0.4, -0.2) is 37.2 Å². The van der Waals surface area contributed by atoms with Crippen LogP contribution < -0.4 is 10.1 Å². The molecule has 0 radical (unpaired) electrons. The van der Waals surface area contributed by atoms with E-state index >= 15 is 0 Å². The monoisotopic (exact) mass is 320 g/mol. The topological polar surface area (TPSA) is 41.6 Å². The van der Waals surface area contributed by atoms with Crippen molar-refractivity contribution in [1.29, 1.82) is 0 Å². The third-order valence-electron chi connectivity index (χ3n) is 3.80. The van der Waals surface area contributed by atoms with Crippen LogP contribution in [0.3, 0.4) is 0 Å². The van der Waals surface area contributed by atoms with E-state index < -0.39 is 0 Å². The summed E-state index contributed by atoms with van der Waals surface area (Å²) >= 11 is 0. The quantitative estimate of drug-likeness (QED) is 0.615. The number of unbranched alkanes of at least 4 members (excludes halogenated alkanes) is 2. The smallest absolute Gasteiger partial charge is 0.317 e. The van der Waals surface area contributed by atoms with Crippen molar-refractivity contribution >= 4 is 6.03 Å². The van der Waals surface area contributed by atoms with Gasteiger partial charge in [-0.3, -0.25) is 0 Å². The summed E-state index contributed by atoms with van der Waals surface area (Å²) in [5, 5.41) is 3.01. The van der Waals surface area contributed by atoms with Gasteiger partial charge in [-0.05, 0) is 37.8 Å². The number of rotatable bonds is 11. The Kier molecular flexibility index (Phi) is 9.92. The molecule has 0 aliphatic carbocycles. The Bertz CT molecular complexity index is 441. The molecule has 0 fully saturated rings. The van der Waals surface area contributed by atoms with E-state index in [1.165, 1.54) is 0 Å². The second-order valence-corrected chi connectivity index (χ2v) is 5.89. The molecule has 0 spiro atoms. The zero-order chi connectivity index (χ0) is 16.9. The Labute approximate surface area is 141 Å². The van der Waals surface area contributed by atoms with Gasteiger partial charge in [0.2, 0.25) is 0 Å². The van der Waals surface area contributed by atoms with Gasteiger partial charge in [0.15, 0.2) is 0 Å². The van der Waals surface area contributed by atoms with Crippen LogP contribution in [0.5, 0.6) is 5.75 Å². The van der Waals surface area contributed by atoms with Gasteiger partial charge in [-0.1, -0.05) is 44.9 Å². The van der Waals surface area contributed by atoms with E-state index in [1.807, 2.05) is 36.1 Å². The van der Waals surface area contributed by atoms with E-state index in [2.05, 4.69) is 19.2 Å². The Balaban J connectivity index is 2.24. The number of ether oxygens (including phenoxy) is 1. The highest BCUT2D eigenvalue weighted by Crippen LogP contribution is 2.15. The number of amides is 2. The first kappa shape index (κ1) is 19.3. The van der Waals surface area contributed by atoms with Gasteiger partial charge in [0.1, 0.15) is 5.75 Å². The number of benzene rings is 1. The largest absolute Gasteiger partial charge is 0.493 e. The van der Waals surface area contributed by atoms with Crippen molar-refractivity contribution in [2.75, 3.05) is 26.2 Å². The van der Waals surface area contributed by atoms with Crippen LogP contribution >= 0.6 is 0 Å². The van der Waals surface area contributed by atoms with Crippen molar-refractivity contribution < 1.29 is 9.53 Å². The summed E-state index contributed by atoms with van der Waals surface area (Å²) in [6.07, 6.45) is 5.16. The molecule has 0 heterocycles. The summed E-state index contributed by atoms with van der Waals surface area (Å²) in [5.74, 6) is 0.923. The third-order valence-corrected chi connectivity index (χ3v) is 3.80. The second-order valence-electron chi connectivity index (χ2n) is 5.89.